The summed E-state index contributed by atoms with van der Waals surface area (Å²) in [4.78, 5) is 28.6. The predicted molar refractivity (Wildman–Crippen MR) is 138 cm³/mol. The molecule has 2 aromatic heterocycles. The lowest BCUT2D eigenvalue weighted by atomic mass is 9.98. The third-order valence-corrected chi connectivity index (χ3v) is 7.14. The molecule has 7 nitrogen and oxygen atoms in total. The van der Waals surface area contributed by atoms with Gasteiger partial charge in [0.25, 0.3) is 5.91 Å². The Morgan fingerprint density at radius 2 is 1.89 bits per heavy atom. The van der Waals surface area contributed by atoms with Gasteiger partial charge in [0.2, 0.25) is 10.9 Å². The van der Waals surface area contributed by atoms with Gasteiger partial charge in [-0.2, -0.15) is 0 Å². The molecule has 0 spiro atoms. The van der Waals surface area contributed by atoms with Gasteiger partial charge in [0, 0.05) is 5.02 Å². The summed E-state index contributed by atoms with van der Waals surface area (Å²) < 4.78 is 25.9. The zero-order chi connectivity index (χ0) is 25.7. The molecule has 1 atom stereocenters. The number of aromatic nitrogens is 2. The van der Waals surface area contributed by atoms with Crippen LogP contribution in [0.5, 0.6) is 5.75 Å². The molecular weight excluding hydrogens is 517 g/mol. The number of benzene rings is 3. The van der Waals surface area contributed by atoms with Crippen molar-refractivity contribution in [1.82, 2.24) is 10.2 Å². The summed E-state index contributed by atoms with van der Waals surface area (Å²) in [5.41, 5.74) is 1.30. The van der Waals surface area contributed by atoms with E-state index in [1.165, 1.54) is 28.4 Å². The minimum Gasteiger partial charge on any atom is -0.489 e. The molecular formula is C27H17ClFN3O4S. The molecule has 0 saturated carbocycles. The largest absolute Gasteiger partial charge is 0.489 e. The quantitative estimate of drug-likeness (QED) is 0.272. The molecule has 0 bridgehead atoms. The Labute approximate surface area is 218 Å². The van der Waals surface area contributed by atoms with E-state index in [1.807, 2.05) is 12.1 Å². The van der Waals surface area contributed by atoms with Crippen LogP contribution in [0.2, 0.25) is 5.02 Å². The highest BCUT2D eigenvalue weighted by Crippen LogP contribution is 2.42. The standard InChI is InChI=1S/C27H17ClFN3O4S/c1-14-30-31-27(37-14)32-23(16-3-2-4-19(11-16)35-13-15-5-7-17(28)8-6-15)22-24(33)20-12-18(29)9-10-21(20)36-25(22)26(32)34/h2-12,23H,13H2,1H3. The summed E-state index contributed by atoms with van der Waals surface area (Å²) in [6.45, 7) is 2.07. The van der Waals surface area contributed by atoms with Crippen LogP contribution >= 0.6 is 22.9 Å². The maximum absolute atomic E-state index is 14.0. The number of halogens is 2. The summed E-state index contributed by atoms with van der Waals surface area (Å²) in [5, 5.41) is 9.87. The summed E-state index contributed by atoms with van der Waals surface area (Å²) in [6.07, 6.45) is 0. The van der Waals surface area contributed by atoms with Crippen LogP contribution in [-0.4, -0.2) is 16.1 Å². The van der Waals surface area contributed by atoms with Crippen LogP contribution in [0.4, 0.5) is 9.52 Å². The first-order valence-corrected chi connectivity index (χ1v) is 12.5. The van der Waals surface area contributed by atoms with E-state index in [4.69, 9.17) is 20.8 Å². The van der Waals surface area contributed by atoms with Crippen LogP contribution in [0.1, 0.15) is 38.3 Å². The van der Waals surface area contributed by atoms with E-state index in [9.17, 15) is 14.0 Å². The van der Waals surface area contributed by atoms with Crippen LogP contribution in [0.25, 0.3) is 11.0 Å². The summed E-state index contributed by atoms with van der Waals surface area (Å²) in [7, 11) is 0. The monoisotopic (exact) mass is 533 g/mol. The lowest BCUT2D eigenvalue weighted by Gasteiger charge is -2.22. The van der Waals surface area contributed by atoms with E-state index in [0.717, 1.165) is 11.6 Å². The number of aryl methyl sites for hydroxylation is 1. The maximum Gasteiger partial charge on any atom is 0.297 e. The van der Waals surface area contributed by atoms with Crippen molar-refractivity contribution in [3.8, 4) is 5.75 Å². The smallest absolute Gasteiger partial charge is 0.297 e. The van der Waals surface area contributed by atoms with Gasteiger partial charge in [-0.25, -0.2) is 4.39 Å². The highest BCUT2D eigenvalue weighted by atomic mass is 35.5. The van der Waals surface area contributed by atoms with Crippen molar-refractivity contribution in [2.24, 2.45) is 0 Å². The Balaban J connectivity index is 1.47. The van der Waals surface area contributed by atoms with Gasteiger partial charge < -0.3 is 9.15 Å². The van der Waals surface area contributed by atoms with Gasteiger partial charge in [-0.1, -0.05) is 47.2 Å². The van der Waals surface area contributed by atoms with Gasteiger partial charge >= 0.3 is 0 Å². The van der Waals surface area contributed by atoms with Gasteiger partial charge in [-0.15, -0.1) is 10.2 Å². The molecule has 10 heteroatoms. The second kappa shape index (κ2) is 9.10. The van der Waals surface area contributed by atoms with Gasteiger partial charge in [0.1, 0.15) is 28.8 Å². The summed E-state index contributed by atoms with van der Waals surface area (Å²) in [6, 6.07) is 17.2. The van der Waals surface area contributed by atoms with Crippen molar-refractivity contribution in [1.29, 1.82) is 0 Å². The van der Waals surface area contributed by atoms with Crippen molar-refractivity contribution in [3.05, 3.63) is 115 Å². The van der Waals surface area contributed by atoms with Crippen LogP contribution in [-0.2, 0) is 6.61 Å². The predicted octanol–water partition coefficient (Wildman–Crippen LogP) is 6.07. The lowest BCUT2D eigenvalue weighted by molar-refractivity contribution is 0.0970. The van der Waals surface area contributed by atoms with E-state index < -0.39 is 23.2 Å². The number of amides is 1. The molecule has 0 radical (unpaired) electrons. The van der Waals surface area contributed by atoms with Crippen molar-refractivity contribution < 1.29 is 18.3 Å². The van der Waals surface area contributed by atoms with E-state index >= 15 is 0 Å². The fourth-order valence-corrected chi connectivity index (χ4v) is 5.20. The Bertz CT molecular complexity index is 1730. The van der Waals surface area contributed by atoms with Gasteiger partial charge in [-0.05, 0) is 60.5 Å². The Morgan fingerprint density at radius 1 is 1.08 bits per heavy atom. The number of carbonyl (C=O) groups excluding carboxylic acids is 1. The van der Waals surface area contributed by atoms with E-state index in [2.05, 4.69) is 10.2 Å². The molecule has 0 aliphatic carbocycles. The molecule has 3 heterocycles. The number of nitrogens with zero attached hydrogens (tertiary/aromatic N) is 3. The van der Waals surface area contributed by atoms with E-state index in [-0.39, 0.29) is 22.3 Å². The first-order valence-electron chi connectivity index (χ1n) is 11.3. The number of carbonyl (C=O) groups is 1. The molecule has 3 aromatic carbocycles. The topological polar surface area (TPSA) is 85.5 Å². The zero-order valence-corrected chi connectivity index (χ0v) is 20.8. The molecule has 184 valence electrons. The fourth-order valence-electron chi connectivity index (χ4n) is 4.36. The van der Waals surface area contributed by atoms with Crippen molar-refractivity contribution in [2.75, 3.05) is 4.90 Å². The first-order chi connectivity index (χ1) is 17.9. The van der Waals surface area contributed by atoms with Crippen LogP contribution in [0.3, 0.4) is 0 Å². The fraction of sp³-hybridized carbons (Fsp3) is 0.111. The van der Waals surface area contributed by atoms with Gasteiger partial charge in [0.15, 0.2) is 5.43 Å². The minimum atomic E-state index is -0.863. The Morgan fingerprint density at radius 3 is 2.65 bits per heavy atom. The molecule has 0 N–H and O–H groups in total. The van der Waals surface area contributed by atoms with E-state index in [1.54, 1.807) is 43.3 Å². The third kappa shape index (κ3) is 4.16. The lowest BCUT2D eigenvalue weighted by Crippen LogP contribution is -2.29. The van der Waals surface area contributed by atoms with Crippen molar-refractivity contribution in [3.63, 3.8) is 0 Å². The first kappa shape index (κ1) is 23.3. The highest BCUT2D eigenvalue weighted by molar-refractivity contribution is 7.15. The molecule has 1 unspecified atom stereocenters. The second-order valence-corrected chi connectivity index (χ2v) is 10.1. The Hall–Kier alpha value is -4.08. The molecule has 1 amide bonds. The second-order valence-electron chi connectivity index (χ2n) is 8.48. The van der Waals surface area contributed by atoms with Gasteiger partial charge in [-0.3, -0.25) is 14.5 Å². The minimum absolute atomic E-state index is 0.0574. The molecule has 6 rings (SSSR count). The van der Waals surface area contributed by atoms with Crippen LogP contribution < -0.4 is 15.1 Å². The molecule has 1 aliphatic heterocycles. The van der Waals surface area contributed by atoms with Gasteiger partial charge in [0.05, 0.1) is 17.0 Å². The average molecular weight is 534 g/mol. The zero-order valence-electron chi connectivity index (χ0n) is 19.3. The highest BCUT2D eigenvalue weighted by Gasteiger charge is 2.45. The maximum atomic E-state index is 14.0. The molecule has 0 fully saturated rings. The molecule has 1 aliphatic rings. The van der Waals surface area contributed by atoms with Crippen LogP contribution in [0, 0.1) is 12.7 Å². The Kier molecular flexibility index (Phi) is 5.73. The van der Waals surface area contributed by atoms with Crippen molar-refractivity contribution in [2.45, 2.75) is 19.6 Å². The SMILES string of the molecule is Cc1nnc(N2C(=O)c3oc4ccc(F)cc4c(=O)c3C2c2cccc(OCc3ccc(Cl)cc3)c2)s1. The number of hydrogen-bond acceptors (Lipinski definition) is 7. The number of ether oxygens (including phenoxy) is 1. The molecule has 5 aromatic rings. The molecule has 0 saturated heterocycles. The number of fused-ring (bicyclic) bond motifs is 2. The average Bonchev–Trinajstić information content (AvgIpc) is 3.45. The van der Waals surface area contributed by atoms with Crippen LogP contribution in [0.15, 0.2) is 75.9 Å². The van der Waals surface area contributed by atoms with Crippen molar-refractivity contribution >= 4 is 44.9 Å². The normalized spacial score (nSPS) is 14.8. The molecule has 37 heavy (non-hydrogen) atoms. The number of hydrogen-bond donors (Lipinski definition) is 0. The summed E-state index contributed by atoms with van der Waals surface area (Å²) in [5.74, 6) is -0.658. The number of rotatable bonds is 5. The summed E-state index contributed by atoms with van der Waals surface area (Å²) >= 11 is 7.18. The third-order valence-electron chi connectivity index (χ3n) is 6.05. The van der Waals surface area contributed by atoms with E-state index in [0.29, 0.717) is 33.1 Å². The number of anilines is 1.